The number of nitrogens with one attached hydrogen (secondary N) is 5. The van der Waals surface area contributed by atoms with Gasteiger partial charge in [-0.2, -0.15) is 0 Å². The first kappa shape index (κ1) is 87.1. The molecule has 0 saturated heterocycles. The van der Waals surface area contributed by atoms with Crippen molar-refractivity contribution in [3.8, 4) is 0 Å². The predicted molar refractivity (Wildman–Crippen MR) is 441 cm³/mol. The molecule has 0 aromatic heterocycles. The van der Waals surface area contributed by atoms with Gasteiger partial charge in [-0.15, -0.1) is 0 Å². The fourth-order valence-corrected chi connectivity index (χ4v) is 8.19. The van der Waals surface area contributed by atoms with Crippen molar-refractivity contribution in [2.45, 2.75) is 111 Å². The van der Waals surface area contributed by atoms with E-state index in [1.807, 2.05) is 380 Å². The van der Waals surface area contributed by atoms with Crippen LogP contribution >= 0.6 is 0 Å². The minimum Gasteiger partial charge on any atom is -0.399 e. The van der Waals surface area contributed by atoms with Crippen LogP contribution in [-0.4, -0.2) is 14.1 Å². The Morgan fingerprint density at radius 2 is 0.375 bits per heavy atom. The normalized spacial score (nSPS) is 8.81. The molecule has 0 aliphatic rings. The molecule has 96 heavy (non-hydrogen) atoms. The Balaban J connectivity index is 0. The van der Waals surface area contributed by atoms with E-state index < -0.39 is 0 Å². The maximum absolute atomic E-state index is 5.85. The number of nitrogen functional groups attached to an aromatic ring is 7. The molecule has 0 bridgehead atoms. The van der Waals surface area contributed by atoms with Crippen LogP contribution in [0.1, 0.15) is 111 Å². The third kappa shape index (κ3) is 32.5. The van der Waals surface area contributed by atoms with Crippen molar-refractivity contribution >= 4 is 118 Å². The highest BCUT2D eigenvalue weighted by Crippen LogP contribution is 2.29. The number of nitrogens with two attached hydrogens (primary N) is 7. The largest absolute Gasteiger partial charge is 0.399 e. The molecule has 19 N–H and O–H groups in total. The minimum atomic E-state index is 0.778. The van der Waals surface area contributed by atoms with Gasteiger partial charge in [0.15, 0.2) is 0 Å². The quantitative estimate of drug-likeness (QED) is 0.0636. The second-order valence-electron chi connectivity index (χ2n) is 18.1. The Morgan fingerprint density at radius 1 is 0.177 bits per heavy atom. The molecule has 0 spiro atoms. The second-order valence-corrected chi connectivity index (χ2v) is 18.1. The summed E-state index contributed by atoms with van der Waals surface area (Å²) in [6, 6.07) is 88.9. The van der Waals surface area contributed by atoms with E-state index in [2.05, 4.69) is 44.8 Å². The standard InChI is InChI=1S/C13H14N2.2C12H12N2.C11H12N2.2C10H10N2.8C2H6/c1-14-11-7-9-13(10-8-11)15-12-5-3-2-4-6-12;2*13-10-6-8-12(9-7-10)14-11-4-2-1-3-5-11;1-13-11-7-3-4-8-9(11)5-2-6-10(8)12;2*11-9-5-1-3-7-8(9)4-2-6-10(7)12;8*1-2/h2-10,14-15H,1H3;2*1-9,14H,13H2;2-7,13H,12H2,1H3;2*1-6H,11-12H2;8*1-2H3. The summed E-state index contributed by atoms with van der Waals surface area (Å²) in [5.41, 5.74) is 54.3. The minimum absolute atomic E-state index is 0.778. The van der Waals surface area contributed by atoms with Crippen LogP contribution < -0.4 is 66.7 Å². The molecule has 0 aliphatic carbocycles. The second kappa shape index (κ2) is 55.6. The fraction of sp³-hybridized carbons (Fsp3) is 0.214. The lowest BCUT2D eigenvalue weighted by molar-refractivity contribution is 1.49. The molecule has 12 rings (SSSR count). The highest BCUT2D eigenvalue weighted by molar-refractivity contribution is 6.02. The van der Waals surface area contributed by atoms with Crippen molar-refractivity contribution in [3.05, 3.63) is 273 Å². The van der Waals surface area contributed by atoms with Gasteiger partial charge in [0.25, 0.3) is 0 Å². The predicted octanol–water partition coefficient (Wildman–Crippen LogP) is 24.2. The molecule has 12 aromatic carbocycles. The Kier molecular flexibility index (Phi) is 50.5. The van der Waals surface area contributed by atoms with Gasteiger partial charge in [0, 0.05) is 132 Å². The molecule has 0 radical (unpaired) electrons. The summed E-state index contributed by atoms with van der Waals surface area (Å²) in [5.74, 6) is 0. The van der Waals surface area contributed by atoms with Crippen LogP contribution in [0.4, 0.5) is 85.3 Å². The molecular formula is C84H118N12. The molecule has 0 fully saturated rings. The van der Waals surface area contributed by atoms with Crippen LogP contribution in [0.25, 0.3) is 32.3 Å². The SMILES string of the molecule is CC.CC.CC.CC.CC.CC.CC.CC.CNc1ccc(Nc2ccccc2)cc1.CNc1cccc2c(N)cccc12.Nc1ccc(Nc2ccccc2)cc1.Nc1ccc(Nc2ccccc2)cc1.Nc1cccc2c(N)cccc12.Nc1cccc2c(N)cccc12. The topological polar surface area (TPSA) is 242 Å². The summed E-state index contributed by atoms with van der Waals surface area (Å²) in [5, 5.41) is 22.5. The van der Waals surface area contributed by atoms with Gasteiger partial charge in [0.1, 0.15) is 0 Å². The van der Waals surface area contributed by atoms with Gasteiger partial charge in [-0.3, -0.25) is 0 Å². The smallest absolute Gasteiger partial charge is 0.0418 e. The van der Waals surface area contributed by atoms with Gasteiger partial charge in [0.05, 0.1) is 0 Å². The summed E-state index contributed by atoms with van der Waals surface area (Å²) < 4.78 is 0. The Labute approximate surface area is 579 Å². The van der Waals surface area contributed by atoms with E-state index in [-0.39, 0.29) is 0 Å². The average molecular weight is 1300 g/mol. The van der Waals surface area contributed by atoms with Gasteiger partial charge in [-0.25, -0.2) is 0 Å². The van der Waals surface area contributed by atoms with Gasteiger partial charge in [0.2, 0.25) is 0 Å². The molecular weight excluding hydrogens is 1180 g/mol. The molecule has 12 heteroatoms. The van der Waals surface area contributed by atoms with Crippen LogP contribution in [0.15, 0.2) is 273 Å². The van der Waals surface area contributed by atoms with Gasteiger partial charge >= 0.3 is 0 Å². The molecule has 0 atom stereocenters. The van der Waals surface area contributed by atoms with Crippen molar-refractivity contribution in [3.63, 3.8) is 0 Å². The van der Waals surface area contributed by atoms with Gasteiger partial charge in [-0.05, 0) is 146 Å². The lowest BCUT2D eigenvalue weighted by Crippen LogP contribution is -1.91. The number of para-hydroxylation sites is 3. The maximum Gasteiger partial charge on any atom is 0.0418 e. The molecule has 0 unspecified atom stereocenters. The molecule has 12 nitrogen and oxygen atoms in total. The highest BCUT2D eigenvalue weighted by Gasteiger charge is 2.02. The Hall–Kier alpha value is -11.0. The van der Waals surface area contributed by atoms with E-state index in [9.17, 15) is 0 Å². The molecule has 0 aliphatic heterocycles. The highest BCUT2D eigenvalue weighted by atomic mass is 14.9. The molecule has 0 saturated carbocycles. The number of hydrogen-bond acceptors (Lipinski definition) is 12. The molecule has 514 valence electrons. The third-order valence-electron chi connectivity index (χ3n) is 12.4. The van der Waals surface area contributed by atoms with Crippen LogP contribution in [-0.2, 0) is 0 Å². The van der Waals surface area contributed by atoms with Crippen molar-refractivity contribution in [2.75, 3.05) is 80.8 Å². The Morgan fingerprint density at radius 3 is 0.615 bits per heavy atom. The fourth-order valence-electron chi connectivity index (χ4n) is 8.19. The summed E-state index contributed by atoms with van der Waals surface area (Å²) in [7, 11) is 3.83. The van der Waals surface area contributed by atoms with Crippen molar-refractivity contribution < 1.29 is 0 Å². The Bertz CT molecular complexity index is 3520. The lowest BCUT2D eigenvalue weighted by atomic mass is 10.1. The van der Waals surface area contributed by atoms with Crippen molar-refractivity contribution in [1.29, 1.82) is 0 Å². The number of hydrogen-bond donors (Lipinski definition) is 12. The van der Waals surface area contributed by atoms with E-state index in [0.717, 1.165) is 112 Å². The number of benzene rings is 12. The van der Waals surface area contributed by atoms with E-state index in [0.29, 0.717) is 0 Å². The van der Waals surface area contributed by atoms with Crippen molar-refractivity contribution in [2.24, 2.45) is 0 Å². The molecule has 12 aromatic rings. The number of rotatable bonds is 8. The first-order valence-electron chi connectivity index (χ1n) is 33.9. The monoisotopic (exact) mass is 1290 g/mol. The van der Waals surface area contributed by atoms with Crippen molar-refractivity contribution in [1.82, 2.24) is 0 Å². The van der Waals surface area contributed by atoms with Crippen LogP contribution in [0.3, 0.4) is 0 Å². The maximum atomic E-state index is 5.85. The number of anilines is 15. The van der Waals surface area contributed by atoms with E-state index in [4.69, 9.17) is 40.1 Å². The summed E-state index contributed by atoms with van der Waals surface area (Å²) >= 11 is 0. The zero-order valence-electron chi connectivity index (χ0n) is 61.0. The third-order valence-corrected chi connectivity index (χ3v) is 12.4. The van der Waals surface area contributed by atoms with Crippen LogP contribution in [0.2, 0.25) is 0 Å². The van der Waals surface area contributed by atoms with Crippen LogP contribution in [0.5, 0.6) is 0 Å². The van der Waals surface area contributed by atoms with E-state index in [1.165, 1.54) is 5.39 Å². The first-order valence-corrected chi connectivity index (χ1v) is 33.9. The average Bonchev–Trinajstić information content (AvgIpc) is 0.907. The molecule has 0 heterocycles. The van der Waals surface area contributed by atoms with Gasteiger partial charge in [-0.1, -0.05) is 238 Å². The van der Waals surface area contributed by atoms with Gasteiger partial charge < -0.3 is 66.7 Å². The summed E-state index contributed by atoms with van der Waals surface area (Å²) in [6.07, 6.45) is 0. The van der Waals surface area contributed by atoms with Crippen LogP contribution in [0, 0.1) is 0 Å². The zero-order valence-corrected chi connectivity index (χ0v) is 61.0. The zero-order chi connectivity index (χ0) is 72.5. The summed E-state index contributed by atoms with van der Waals surface area (Å²) in [4.78, 5) is 0. The molecule has 0 amide bonds. The number of fused-ring (bicyclic) bond motifs is 3. The summed E-state index contributed by atoms with van der Waals surface area (Å²) in [6.45, 7) is 32.0. The van der Waals surface area contributed by atoms with E-state index in [1.54, 1.807) is 0 Å². The van der Waals surface area contributed by atoms with E-state index >= 15 is 0 Å². The first-order chi connectivity index (χ1) is 47.0. The lowest BCUT2D eigenvalue weighted by Gasteiger charge is -2.06.